The molecule has 2 unspecified atom stereocenters. The zero-order valence-corrected chi connectivity index (χ0v) is 13.9. The van der Waals surface area contributed by atoms with Crippen LogP contribution in [0.3, 0.4) is 0 Å². The Balaban J connectivity index is 1.94. The molecule has 1 aliphatic rings. The van der Waals surface area contributed by atoms with Gasteiger partial charge in [0.2, 0.25) is 0 Å². The minimum Gasteiger partial charge on any atom is -0.493 e. The molecule has 20 heavy (non-hydrogen) atoms. The average Bonchev–Trinajstić information content (AvgIpc) is 2.98. The Morgan fingerprint density at radius 1 is 1.50 bits per heavy atom. The average molecular weight is 342 g/mol. The molecular weight excluding hydrogens is 318 g/mol. The largest absolute Gasteiger partial charge is 0.493 e. The molecule has 0 aliphatic carbocycles. The molecule has 0 aromatic heterocycles. The summed E-state index contributed by atoms with van der Waals surface area (Å²) in [5.41, 5.74) is 1.19. The van der Waals surface area contributed by atoms with Gasteiger partial charge in [0.05, 0.1) is 12.7 Å². The Morgan fingerprint density at radius 2 is 2.35 bits per heavy atom. The number of nitrogens with one attached hydrogen (secondary N) is 1. The molecule has 0 saturated carbocycles. The van der Waals surface area contributed by atoms with Crippen molar-refractivity contribution in [3.63, 3.8) is 0 Å². The van der Waals surface area contributed by atoms with E-state index in [-0.39, 0.29) is 0 Å². The molecule has 112 valence electrons. The smallest absolute Gasteiger partial charge is 0.123 e. The highest BCUT2D eigenvalue weighted by atomic mass is 79.9. The van der Waals surface area contributed by atoms with Crippen molar-refractivity contribution in [2.75, 3.05) is 13.2 Å². The van der Waals surface area contributed by atoms with Crippen molar-refractivity contribution in [3.05, 3.63) is 28.2 Å². The molecule has 0 bridgehead atoms. The van der Waals surface area contributed by atoms with Crippen LogP contribution in [0.1, 0.15) is 38.7 Å². The van der Waals surface area contributed by atoms with Gasteiger partial charge in [-0.2, -0.15) is 0 Å². The van der Waals surface area contributed by atoms with Crippen LogP contribution < -0.4 is 10.1 Å². The minimum atomic E-state index is 0.349. The van der Waals surface area contributed by atoms with Gasteiger partial charge in [0.15, 0.2) is 0 Å². The summed E-state index contributed by atoms with van der Waals surface area (Å²) in [6.45, 7) is 6.78. The molecule has 3 nitrogen and oxygen atoms in total. The van der Waals surface area contributed by atoms with Crippen LogP contribution in [0.25, 0.3) is 0 Å². The Bertz CT molecular complexity index is 419. The van der Waals surface area contributed by atoms with E-state index in [9.17, 15) is 0 Å². The van der Waals surface area contributed by atoms with Gasteiger partial charge >= 0.3 is 0 Å². The molecule has 4 heteroatoms. The number of halogens is 1. The number of hydrogen-bond acceptors (Lipinski definition) is 3. The molecule has 0 spiro atoms. The van der Waals surface area contributed by atoms with Crippen LogP contribution in [0.15, 0.2) is 22.7 Å². The first kappa shape index (κ1) is 15.8. The fourth-order valence-corrected chi connectivity index (χ4v) is 2.85. The topological polar surface area (TPSA) is 30.5 Å². The second kappa shape index (κ2) is 8.01. The lowest BCUT2D eigenvalue weighted by atomic mass is 10.1. The Morgan fingerprint density at radius 3 is 3.05 bits per heavy atom. The summed E-state index contributed by atoms with van der Waals surface area (Å²) >= 11 is 3.53. The lowest BCUT2D eigenvalue weighted by molar-refractivity contribution is 0.0831. The van der Waals surface area contributed by atoms with Gasteiger partial charge in [-0.15, -0.1) is 0 Å². The van der Waals surface area contributed by atoms with Crippen LogP contribution in [0.2, 0.25) is 0 Å². The van der Waals surface area contributed by atoms with Gasteiger partial charge in [0, 0.05) is 29.2 Å². The van der Waals surface area contributed by atoms with E-state index in [1.807, 2.05) is 12.1 Å². The summed E-state index contributed by atoms with van der Waals surface area (Å²) in [5.74, 6) is 0.974. The molecule has 0 radical (unpaired) electrons. The lowest BCUT2D eigenvalue weighted by Gasteiger charge is -2.21. The summed E-state index contributed by atoms with van der Waals surface area (Å²) < 4.78 is 12.6. The fourth-order valence-electron chi connectivity index (χ4n) is 2.44. The van der Waals surface area contributed by atoms with Crippen molar-refractivity contribution < 1.29 is 9.47 Å². The van der Waals surface area contributed by atoms with Crippen LogP contribution >= 0.6 is 15.9 Å². The number of rotatable bonds is 7. The summed E-state index contributed by atoms with van der Waals surface area (Å²) in [4.78, 5) is 0. The number of ether oxygens (including phenoxy) is 2. The predicted molar refractivity (Wildman–Crippen MR) is 85.2 cm³/mol. The normalized spacial score (nSPS) is 20.1. The monoisotopic (exact) mass is 341 g/mol. The van der Waals surface area contributed by atoms with Gasteiger partial charge in [0.25, 0.3) is 0 Å². The second-order valence-corrected chi connectivity index (χ2v) is 6.24. The zero-order valence-electron chi connectivity index (χ0n) is 12.3. The van der Waals surface area contributed by atoms with E-state index in [0.29, 0.717) is 12.1 Å². The fraction of sp³-hybridized carbons (Fsp3) is 0.625. The van der Waals surface area contributed by atoms with Gasteiger partial charge in [-0.1, -0.05) is 22.9 Å². The summed E-state index contributed by atoms with van der Waals surface area (Å²) in [6, 6.07) is 6.56. The summed E-state index contributed by atoms with van der Waals surface area (Å²) in [6.07, 6.45) is 3.71. The van der Waals surface area contributed by atoms with Crippen molar-refractivity contribution in [1.29, 1.82) is 0 Å². The van der Waals surface area contributed by atoms with Crippen LogP contribution in [0.4, 0.5) is 0 Å². The van der Waals surface area contributed by atoms with Crippen molar-refractivity contribution in [1.82, 2.24) is 5.32 Å². The maximum Gasteiger partial charge on any atom is 0.123 e. The molecule has 1 aromatic rings. The lowest BCUT2D eigenvalue weighted by Crippen LogP contribution is -2.36. The van der Waals surface area contributed by atoms with Crippen LogP contribution in [0.5, 0.6) is 5.75 Å². The van der Waals surface area contributed by atoms with Gasteiger partial charge in [-0.05, 0) is 44.4 Å². The highest BCUT2D eigenvalue weighted by Crippen LogP contribution is 2.24. The first-order valence-corrected chi connectivity index (χ1v) is 8.26. The molecular formula is C16H24BrNO2. The first-order valence-electron chi connectivity index (χ1n) is 7.47. The van der Waals surface area contributed by atoms with Gasteiger partial charge < -0.3 is 14.8 Å². The molecule has 0 amide bonds. The van der Waals surface area contributed by atoms with Gasteiger partial charge in [-0.3, -0.25) is 0 Å². The van der Waals surface area contributed by atoms with E-state index < -0.39 is 0 Å². The third kappa shape index (κ3) is 4.47. The van der Waals surface area contributed by atoms with Crippen LogP contribution in [-0.2, 0) is 11.3 Å². The van der Waals surface area contributed by atoms with Crippen LogP contribution in [-0.4, -0.2) is 25.4 Å². The molecule has 1 aliphatic heterocycles. The van der Waals surface area contributed by atoms with Gasteiger partial charge in [-0.25, -0.2) is 0 Å². The van der Waals surface area contributed by atoms with E-state index in [1.54, 1.807) is 0 Å². The Hall–Kier alpha value is -0.580. The van der Waals surface area contributed by atoms with E-state index in [4.69, 9.17) is 9.47 Å². The molecule has 1 fully saturated rings. The van der Waals surface area contributed by atoms with Crippen LogP contribution in [0, 0.1) is 0 Å². The number of benzene rings is 1. The Labute approximate surface area is 130 Å². The third-order valence-electron chi connectivity index (χ3n) is 3.62. The van der Waals surface area contributed by atoms with E-state index in [0.717, 1.165) is 42.8 Å². The maximum atomic E-state index is 5.81. The van der Waals surface area contributed by atoms with E-state index in [2.05, 4.69) is 41.2 Å². The highest BCUT2D eigenvalue weighted by Gasteiger charge is 2.22. The maximum absolute atomic E-state index is 5.81. The molecule has 2 rings (SSSR count). The van der Waals surface area contributed by atoms with Crippen molar-refractivity contribution >= 4 is 15.9 Å². The quantitative estimate of drug-likeness (QED) is 0.815. The molecule has 2 atom stereocenters. The summed E-state index contributed by atoms with van der Waals surface area (Å²) in [7, 11) is 0. The van der Waals surface area contributed by atoms with Crippen molar-refractivity contribution in [3.8, 4) is 5.75 Å². The SMILES string of the molecule is CCCOc1ccc(Br)cc1CNC(C)C1CCCO1. The van der Waals surface area contributed by atoms with E-state index >= 15 is 0 Å². The minimum absolute atomic E-state index is 0.349. The third-order valence-corrected chi connectivity index (χ3v) is 4.11. The van der Waals surface area contributed by atoms with E-state index in [1.165, 1.54) is 12.0 Å². The number of hydrogen-bond donors (Lipinski definition) is 1. The molecule has 1 heterocycles. The van der Waals surface area contributed by atoms with Gasteiger partial charge in [0.1, 0.15) is 5.75 Å². The Kier molecular flexibility index (Phi) is 6.33. The first-order chi connectivity index (χ1) is 9.70. The second-order valence-electron chi connectivity index (χ2n) is 5.32. The zero-order chi connectivity index (χ0) is 14.4. The molecule has 1 N–H and O–H groups in total. The van der Waals surface area contributed by atoms with Crippen molar-refractivity contribution in [2.45, 2.75) is 51.8 Å². The van der Waals surface area contributed by atoms with Crippen molar-refractivity contribution in [2.24, 2.45) is 0 Å². The summed E-state index contributed by atoms with van der Waals surface area (Å²) in [5, 5.41) is 3.56. The molecule has 1 aromatic carbocycles. The standard InChI is InChI=1S/C16H24BrNO2/c1-3-8-19-16-7-6-14(17)10-13(16)11-18-12(2)15-5-4-9-20-15/h6-7,10,12,15,18H,3-5,8-9,11H2,1-2H3. The predicted octanol–water partition coefficient (Wildman–Crippen LogP) is 3.90. The molecule has 1 saturated heterocycles. The highest BCUT2D eigenvalue weighted by molar-refractivity contribution is 9.10.